The number of hydrogen-bond acceptors (Lipinski definition) is 1. The van der Waals surface area contributed by atoms with Gasteiger partial charge in [0.2, 0.25) is 0 Å². The van der Waals surface area contributed by atoms with Crippen LogP contribution in [0.5, 0.6) is 0 Å². The third kappa shape index (κ3) is 2.56. The van der Waals surface area contributed by atoms with E-state index < -0.39 is 0 Å². The number of carbonyl (C=O) groups excluding carboxylic acids is 1. The maximum Gasteiger partial charge on any atom is 0.138 e. The Balaban J connectivity index is 1.51. The summed E-state index contributed by atoms with van der Waals surface area (Å²) >= 11 is 0. The minimum atomic E-state index is -0.110. The van der Waals surface area contributed by atoms with Crippen LogP contribution in [0.25, 0.3) is 0 Å². The molecule has 0 aromatic carbocycles. The van der Waals surface area contributed by atoms with Gasteiger partial charge >= 0.3 is 0 Å². The van der Waals surface area contributed by atoms with Crippen molar-refractivity contribution in [1.82, 2.24) is 0 Å². The van der Waals surface area contributed by atoms with E-state index in [1.54, 1.807) is 0 Å². The first-order valence-corrected chi connectivity index (χ1v) is 13.6. The van der Waals surface area contributed by atoms with Gasteiger partial charge in [-0.25, -0.2) is 0 Å². The van der Waals surface area contributed by atoms with Crippen molar-refractivity contribution in [2.75, 3.05) is 0 Å². The molecule has 3 unspecified atom stereocenters. The molecule has 170 valence electrons. The molecule has 5 aliphatic rings. The Morgan fingerprint density at radius 3 is 2.27 bits per heavy atom. The van der Waals surface area contributed by atoms with Crippen LogP contribution in [0.15, 0.2) is 0 Å². The fraction of sp³-hybridized carbons (Fsp3) is 0.966. The van der Waals surface area contributed by atoms with Crippen LogP contribution < -0.4 is 0 Å². The molecule has 0 aromatic heterocycles. The van der Waals surface area contributed by atoms with Gasteiger partial charge in [0.1, 0.15) is 5.78 Å². The van der Waals surface area contributed by atoms with Gasteiger partial charge in [-0.1, -0.05) is 54.4 Å². The van der Waals surface area contributed by atoms with Gasteiger partial charge in [0.15, 0.2) is 0 Å². The molecule has 0 N–H and O–H groups in total. The van der Waals surface area contributed by atoms with Crippen LogP contribution in [0.2, 0.25) is 0 Å². The van der Waals surface area contributed by atoms with Gasteiger partial charge in [-0.2, -0.15) is 0 Å². The molecule has 5 fully saturated rings. The fourth-order valence-electron chi connectivity index (χ4n) is 11.2. The van der Waals surface area contributed by atoms with Gasteiger partial charge in [0.25, 0.3) is 0 Å². The Morgan fingerprint density at radius 1 is 0.800 bits per heavy atom. The molecule has 5 rings (SSSR count). The van der Waals surface area contributed by atoms with Crippen molar-refractivity contribution >= 4 is 5.78 Å². The van der Waals surface area contributed by atoms with E-state index in [9.17, 15) is 4.79 Å². The second kappa shape index (κ2) is 6.84. The number of hydrogen-bond donors (Lipinski definition) is 0. The Bertz CT molecular complexity index is 707. The summed E-state index contributed by atoms with van der Waals surface area (Å²) in [5.74, 6) is 6.01. The van der Waals surface area contributed by atoms with E-state index in [4.69, 9.17) is 0 Å². The standard InChI is InChI=1S/C29H48O/c1-7-8-19-9-10-20-13-17-28(5)21(25(19)20)11-12-23-27(4)16-15-24(30)26(2,3)22(27)14-18-29(23,28)6/h19-23,25H,7-18H2,1-6H3/t19?,20?,21-,22+,23-,25?,27+,28-,29-/m1/s1. The van der Waals surface area contributed by atoms with Crippen LogP contribution >= 0.6 is 0 Å². The molecule has 0 heterocycles. The SMILES string of the molecule is CCCC1CCC2CC[C@]3(C)[C@H](CC[C@@H]4[C@@]5(C)CCC(=O)C(C)(C)[C@@H]5CC[C@]43C)C12. The van der Waals surface area contributed by atoms with Crippen molar-refractivity contribution in [3.8, 4) is 0 Å². The molecule has 5 aliphatic carbocycles. The van der Waals surface area contributed by atoms with Gasteiger partial charge in [-0.15, -0.1) is 0 Å². The van der Waals surface area contributed by atoms with Gasteiger partial charge in [-0.3, -0.25) is 4.79 Å². The molecule has 5 saturated carbocycles. The molecule has 0 bridgehead atoms. The van der Waals surface area contributed by atoms with Crippen LogP contribution in [0, 0.1) is 57.2 Å². The van der Waals surface area contributed by atoms with Crippen LogP contribution in [-0.2, 0) is 4.79 Å². The van der Waals surface area contributed by atoms with Crippen molar-refractivity contribution in [2.45, 2.75) is 119 Å². The summed E-state index contributed by atoms with van der Waals surface area (Å²) in [6.07, 6.45) is 16.5. The van der Waals surface area contributed by atoms with E-state index in [-0.39, 0.29) is 5.41 Å². The second-order valence-corrected chi connectivity index (χ2v) is 13.8. The molecule has 0 spiro atoms. The van der Waals surface area contributed by atoms with Crippen LogP contribution in [0.3, 0.4) is 0 Å². The lowest BCUT2D eigenvalue weighted by Gasteiger charge is -2.71. The summed E-state index contributed by atoms with van der Waals surface area (Å²) in [5, 5.41) is 0. The molecule has 30 heavy (non-hydrogen) atoms. The summed E-state index contributed by atoms with van der Waals surface area (Å²) in [7, 11) is 0. The number of fused-ring (bicyclic) bond motifs is 7. The molecule has 9 atom stereocenters. The summed E-state index contributed by atoms with van der Waals surface area (Å²) in [6, 6.07) is 0. The molecule has 0 saturated heterocycles. The Hall–Kier alpha value is -0.330. The van der Waals surface area contributed by atoms with Crippen molar-refractivity contribution < 1.29 is 4.79 Å². The normalized spacial score (nSPS) is 54.7. The third-order valence-electron chi connectivity index (χ3n) is 12.8. The maximum absolute atomic E-state index is 12.9. The molecule has 0 radical (unpaired) electrons. The topological polar surface area (TPSA) is 17.1 Å². The van der Waals surface area contributed by atoms with Gasteiger partial charge in [0.05, 0.1) is 0 Å². The van der Waals surface area contributed by atoms with Crippen LogP contribution in [0.1, 0.15) is 119 Å². The van der Waals surface area contributed by atoms with Gasteiger partial charge in [-0.05, 0) is 110 Å². The lowest BCUT2D eigenvalue weighted by molar-refractivity contribution is -0.226. The summed E-state index contributed by atoms with van der Waals surface area (Å²) in [5.41, 5.74) is 1.25. The molecule has 0 aromatic rings. The third-order valence-corrected chi connectivity index (χ3v) is 12.8. The van der Waals surface area contributed by atoms with E-state index in [0.717, 1.165) is 42.4 Å². The highest BCUT2D eigenvalue weighted by Gasteiger charge is 2.68. The highest BCUT2D eigenvalue weighted by molar-refractivity contribution is 5.85. The monoisotopic (exact) mass is 412 g/mol. The summed E-state index contributed by atoms with van der Waals surface area (Å²) < 4.78 is 0. The molecule has 1 nitrogen and oxygen atoms in total. The first-order chi connectivity index (χ1) is 14.1. The van der Waals surface area contributed by atoms with Gasteiger partial charge < -0.3 is 0 Å². The number of Topliss-reactive ketones (excluding diaryl/α,β-unsaturated/α-hetero) is 1. The first kappa shape index (κ1) is 21.5. The van der Waals surface area contributed by atoms with Crippen molar-refractivity contribution in [1.29, 1.82) is 0 Å². The zero-order valence-corrected chi connectivity index (χ0v) is 20.9. The van der Waals surface area contributed by atoms with Crippen molar-refractivity contribution in [3.05, 3.63) is 0 Å². The van der Waals surface area contributed by atoms with E-state index in [2.05, 4.69) is 41.5 Å². The lowest BCUT2D eigenvalue weighted by atomic mass is 9.33. The maximum atomic E-state index is 12.9. The predicted octanol–water partition coefficient (Wildman–Crippen LogP) is 8.07. The minimum absolute atomic E-state index is 0.110. The average molecular weight is 413 g/mol. The lowest BCUT2D eigenvalue weighted by Crippen LogP contribution is -2.65. The van der Waals surface area contributed by atoms with E-state index >= 15 is 0 Å². The number of carbonyl (C=O) groups is 1. The number of rotatable bonds is 2. The zero-order chi connectivity index (χ0) is 21.5. The van der Waals surface area contributed by atoms with Crippen LogP contribution in [0.4, 0.5) is 0 Å². The molecule has 0 aliphatic heterocycles. The molecular weight excluding hydrogens is 364 g/mol. The largest absolute Gasteiger partial charge is 0.299 e. The Kier molecular flexibility index (Phi) is 4.90. The predicted molar refractivity (Wildman–Crippen MR) is 125 cm³/mol. The van der Waals surface area contributed by atoms with E-state index in [1.165, 1.54) is 64.2 Å². The second-order valence-electron chi connectivity index (χ2n) is 13.8. The van der Waals surface area contributed by atoms with Gasteiger partial charge in [0, 0.05) is 11.8 Å². The highest BCUT2D eigenvalue weighted by Crippen LogP contribution is 2.75. The zero-order valence-electron chi connectivity index (χ0n) is 20.9. The molecular formula is C29H48O. The average Bonchev–Trinajstić information content (AvgIpc) is 3.09. The van der Waals surface area contributed by atoms with Crippen molar-refractivity contribution in [3.63, 3.8) is 0 Å². The molecule has 1 heteroatoms. The Morgan fingerprint density at radius 2 is 1.53 bits per heavy atom. The van der Waals surface area contributed by atoms with Crippen LogP contribution in [-0.4, -0.2) is 5.78 Å². The van der Waals surface area contributed by atoms with Crippen molar-refractivity contribution in [2.24, 2.45) is 57.2 Å². The highest BCUT2D eigenvalue weighted by atomic mass is 16.1. The molecule has 0 amide bonds. The fourth-order valence-corrected chi connectivity index (χ4v) is 11.2. The minimum Gasteiger partial charge on any atom is -0.299 e. The van der Waals surface area contributed by atoms with E-state index in [0.29, 0.717) is 27.9 Å². The smallest absolute Gasteiger partial charge is 0.138 e. The Labute approximate surface area is 186 Å². The number of ketones is 1. The summed E-state index contributed by atoms with van der Waals surface area (Å²) in [4.78, 5) is 12.9. The first-order valence-electron chi connectivity index (χ1n) is 13.6. The van der Waals surface area contributed by atoms with E-state index in [1.807, 2.05) is 0 Å². The quantitative estimate of drug-likeness (QED) is 0.448. The summed E-state index contributed by atoms with van der Waals surface area (Å²) in [6.45, 7) is 15.1.